The van der Waals surface area contributed by atoms with Crippen molar-refractivity contribution in [2.75, 3.05) is 19.6 Å². The molecular formula is C23H26N2O2. The Kier molecular flexibility index (Phi) is 4.24. The van der Waals surface area contributed by atoms with Gasteiger partial charge < -0.3 is 5.32 Å². The Balaban J connectivity index is 1.35. The molecule has 0 bridgehead atoms. The predicted molar refractivity (Wildman–Crippen MR) is 106 cm³/mol. The first-order chi connectivity index (χ1) is 13.2. The number of likely N-dealkylation sites (tertiary alicyclic amines) is 1. The Bertz CT molecular complexity index is 906. The average Bonchev–Trinajstić information content (AvgIpc) is 3.39. The number of nitrogens with one attached hydrogen (secondary N) is 1. The predicted octanol–water partition coefficient (Wildman–Crippen LogP) is 3.11. The van der Waals surface area contributed by atoms with Gasteiger partial charge in [0.2, 0.25) is 5.91 Å². The fourth-order valence-corrected chi connectivity index (χ4v) is 4.80. The zero-order valence-corrected chi connectivity index (χ0v) is 15.7. The number of carbonyl (C=O) groups is 2. The summed E-state index contributed by atoms with van der Waals surface area (Å²) in [6.45, 7) is 2.02. The maximum absolute atomic E-state index is 13.3. The molecule has 1 aliphatic heterocycles. The van der Waals surface area contributed by atoms with Crippen molar-refractivity contribution in [1.82, 2.24) is 10.2 Å². The van der Waals surface area contributed by atoms with E-state index in [-0.39, 0.29) is 17.6 Å². The molecule has 1 amide bonds. The minimum absolute atomic E-state index is 0.00839. The molecule has 2 fully saturated rings. The second kappa shape index (κ2) is 6.75. The molecule has 2 aromatic rings. The highest BCUT2D eigenvalue weighted by atomic mass is 16.2. The van der Waals surface area contributed by atoms with Crippen LogP contribution in [0.2, 0.25) is 0 Å². The van der Waals surface area contributed by atoms with Gasteiger partial charge in [-0.3, -0.25) is 14.5 Å². The van der Waals surface area contributed by atoms with Crippen LogP contribution in [-0.4, -0.2) is 42.3 Å². The summed E-state index contributed by atoms with van der Waals surface area (Å²) in [6, 6.07) is 11.0. The van der Waals surface area contributed by atoms with Gasteiger partial charge in [0.1, 0.15) is 0 Å². The van der Waals surface area contributed by atoms with Crippen LogP contribution >= 0.6 is 0 Å². The number of piperidine rings is 1. The molecule has 27 heavy (non-hydrogen) atoms. The van der Waals surface area contributed by atoms with Gasteiger partial charge in [-0.1, -0.05) is 30.3 Å². The van der Waals surface area contributed by atoms with Crippen LogP contribution in [-0.2, 0) is 17.6 Å². The van der Waals surface area contributed by atoms with Crippen molar-refractivity contribution in [3.8, 4) is 0 Å². The number of hydrogen-bond acceptors (Lipinski definition) is 3. The molecule has 140 valence electrons. The fraction of sp³-hybridized carbons (Fsp3) is 0.478. The van der Waals surface area contributed by atoms with Crippen LogP contribution in [0.4, 0.5) is 0 Å². The van der Waals surface area contributed by atoms with Gasteiger partial charge >= 0.3 is 0 Å². The van der Waals surface area contributed by atoms with Crippen LogP contribution in [0.3, 0.4) is 0 Å². The summed E-state index contributed by atoms with van der Waals surface area (Å²) in [7, 11) is 0. The number of rotatable bonds is 5. The maximum atomic E-state index is 13.3. The Morgan fingerprint density at radius 1 is 1.04 bits per heavy atom. The number of nitrogens with zero attached hydrogens (tertiary/aromatic N) is 1. The van der Waals surface area contributed by atoms with E-state index in [1.54, 1.807) is 0 Å². The zero-order valence-electron chi connectivity index (χ0n) is 15.7. The number of amides is 1. The number of hydrogen-bond donors (Lipinski definition) is 1. The van der Waals surface area contributed by atoms with Crippen molar-refractivity contribution < 1.29 is 9.59 Å². The van der Waals surface area contributed by atoms with Gasteiger partial charge in [-0.2, -0.15) is 0 Å². The monoisotopic (exact) mass is 362 g/mol. The summed E-state index contributed by atoms with van der Waals surface area (Å²) in [5.41, 5.74) is 3.62. The molecule has 1 N–H and O–H groups in total. The molecule has 1 heterocycles. The molecule has 0 aromatic heterocycles. The van der Waals surface area contributed by atoms with Crippen LogP contribution in [0.1, 0.15) is 47.2 Å². The van der Waals surface area contributed by atoms with E-state index in [2.05, 4.69) is 34.5 Å². The molecule has 0 unspecified atom stereocenters. The summed E-state index contributed by atoms with van der Waals surface area (Å²) < 4.78 is 0. The molecule has 0 spiro atoms. The molecule has 1 saturated carbocycles. The lowest BCUT2D eigenvalue weighted by atomic mass is 9.87. The molecule has 2 aromatic carbocycles. The molecule has 1 atom stereocenters. The molecule has 4 nitrogen and oxygen atoms in total. The third kappa shape index (κ3) is 3.27. The minimum Gasteiger partial charge on any atom is -0.352 e. The highest BCUT2D eigenvalue weighted by Gasteiger charge is 2.30. The van der Waals surface area contributed by atoms with Gasteiger partial charge in [0.15, 0.2) is 5.78 Å². The van der Waals surface area contributed by atoms with E-state index in [9.17, 15) is 9.59 Å². The van der Waals surface area contributed by atoms with Gasteiger partial charge in [0.05, 0.1) is 6.54 Å². The lowest BCUT2D eigenvalue weighted by Gasteiger charge is -2.31. The van der Waals surface area contributed by atoms with Crippen LogP contribution < -0.4 is 5.32 Å². The first-order valence-corrected chi connectivity index (χ1v) is 10.3. The summed E-state index contributed by atoms with van der Waals surface area (Å²) in [4.78, 5) is 27.6. The topological polar surface area (TPSA) is 49.4 Å². The smallest absolute Gasteiger partial charge is 0.234 e. The Labute approximate surface area is 159 Å². The molecular weight excluding hydrogens is 336 g/mol. The standard InChI is InChI=1S/C23H26N2O2/c26-21(24-18-9-10-18)14-25-12-2-4-17(13-25)23(27)20-11-8-16-7-6-15-3-1-5-19(20)22(15)16/h1,3,5,8,11,17-18H,2,4,6-7,9-10,12-14H2,(H,24,26)/t17-/m1/s1. The zero-order chi connectivity index (χ0) is 18.4. The van der Waals surface area contributed by atoms with E-state index < -0.39 is 0 Å². The fourth-order valence-electron chi connectivity index (χ4n) is 4.80. The molecule has 0 radical (unpaired) electrons. The SMILES string of the molecule is O=C(CN1CCC[C@@H](C(=O)c2ccc3c4c(cccc24)CC3)C1)NC1CC1. The van der Waals surface area contributed by atoms with Crippen molar-refractivity contribution in [2.24, 2.45) is 5.92 Å². The Morgan fingerprint density at radius 2 is 1.85 bits per heavy atom. The Morgan fingerprint density at radius 3 is 2.67 bits per heavy atom. The molecule has 4 heteroatoms. The van der Waals surface area contributed by atoms with Crippen LogP contribution in [0.15, 0.2) is 30.3 Å². The van der Waals surface area contributed by atoms with Crippen molar-refractivity contribution in [3.63, 3.8) is 0 Å². The van der Waals surface area contributed by atoms with Crippen LogP contribution in [0, 0.1) is 5.92 Å². The van der Waals surface area contributed by atoms with Crippen molar-refractivity contribution in [1.29, 1.82) is 0 Å². The van der Waals surface area contributed by atoms with Crippen molar-refractivity contribution in [2.45, 2.75) is 44.6 Å². The first-order valence-electron chi connectivity index (χ1n) is 10.3. The van der Waals surface area contributed by atoms with E-state index in [4.69, 9.17) is 0 Å². The lowest BCUT2D eigenvalue weighted by Crippen LogP contribution is -2.44. The van der Waals surface area contributed by atoms with Crippen LogP contribution in [0.25, 0.3) is 10.8 Å². The number of aryl methyl sites for hydroxylation is 2. The number of ketones is 1. The lowest BCUT2D eigenvalue weighted by molar-refractivity contribution is -0.122. The quantitative estimate of drug-likeness (QED) is 0.832. The molecule has 5 rings (SSSR count). The van der Waals surface area contributed by atoms with E-state index >= 15 is 0 Å². The van der Waals surface area contributed by atoms with Gasteiger partial charge in [-0.05, 0) is 67.0 Å². The second-order valence-corrected chi connectivity index (χ2v) is 8.39. The highest BCUT2D eigenvalue weighted by molar-refractivity contribution is 6.11. The van der Waals surface area contributed by atoms with E-state index in [1.165, 1.54) is 16.5 Å². The largest absolute Gasteiger partial charge is 0.352 e. The average molecular weight is 362 g/mol. The first kappa shape index (κ1) is 16.9. The van der Waals surface area contributed by atoms with Crippen molar-refractivity contribution >= 4 is 22.5 Å². The normalized spacial score (nSPS) is 22.1. The van der Waals surface area contributed by atoms with Gasteiger partial charge in [-0.15, -0.1) is 0 Å². The highest BCUT2D eigenvalue weighted by Crippen LogP contribution is 2.34. The Hall–Kier alpha value is -2.20. The second-order valence-electron chi connectivity index (χ2n) is 8.39. The maximum Gasteiger partial charge on any atom is 0.234 e. The van der Waals surface area contributed by atoms with Gasteiger partial charge in [0.25, 0.3) is 0 Å². The molecule has 3 aliphatic rings. The van der Waals surface area contributed by atoms with E-state index in [0.29, 0.717) is 19.1 Å². The third-order valence-corrected chi connectivity index (χ3v) is 6.33. The summed E-state index contributed by atoms with van der Waals surface area (Å²) >= 11 is 0. The summed E-state index contributed by atoms with van der Waals surface area (Å²) in [6.07, 6.45) is 6.28. The summed E-state index contributed by atoms with van der Waals surface area (Å²) in [5.74, 6) is 0.347. The van der Waals surface area contributed by atoms with Crippen LogP contribution in [0.5, 0.6) is 0 Å². The molecule has 1 saturated heterocycles. The number of Topliss-reactive ketones (excluding diaryl/α,β-unsaturated/α-hetero) is 1. The van der Waals surface area contributed by atoms with Crippen molar-refractivity contribution in [3.05, 3.63) is 47.0 Å². The third-order valence-electron chi connectivity index (χ3n) is 6.33. The van der Waals surface area contributed by atoms with E-state index in [1.807, 2.05) is 6.07 Å². The number of benzene rings is 2. The summed E-state index contributed by atoms with van der Waals surface area (Å²) in [5, 5.41) is 5.48. The van der Waals surface area contributed by atoms with E-state index in [0.717, 1.165) is 56.0 Å². The number of carbonyl (C=O) groups excluding carboxylic acids is 2. The molecule has 2 aliphatic carbocycles. The van der Waals surface area contributed by atoms with Gasteiger partial charge in [0, 0.05) is 24.1 Å². The minimum atomic E-state index is -0.00839. The van der Waals surface area contributed by atoms with Gasteiger partial charge in [-0.25, -0.2) is 0 Å².